The lowest BCUT2D eigenvalue weighted by Gasteiger charge is -2.29. The highest BCUT2D eigenvalue weighted by molar-refractivity contribution is 6.00. The maximum Gasteiger partial charge on any atom is 0.176 e. The van der Waals surface area contributed by atoms with Crippen LogP contribution in [-0.4, -0.2) is 25.7 Å². The molecule has 0 unspecified atom stereocenters. The van der Waals surface area contributed by atoms with E-state index >= 15 is 0 Å². The lowest BCUT2D eigenvalue weighted by molar-refractivity contribution is 0.312. The van der Waals surface area contributed by atoms with Crippen molar-refractivity contribution in [2.24, 2.45) is 0 Å². The number of aromatic nitrogens is 3. The maximum absolute atomic E-state index is 9.57. The molecule has 1 saturated carbocycles. The first-order chi connectivity index (χ1) is 12.7. The smallest absolute Gasteiger partial charge is 0.176 e. The van der Waals surface area contributed by atoms with Gasteiger partial charge in [0.2, 0.25) is 0 Å². The Morgan fingerprint density at radius 1 is 1.15 bits per heavy atom. The number of hydrogen-bond acceptors (Lipinski definition) is 6. The van der Waals surface area contributed by atoms with E-state index in [0.29, 0.717) is 11.9 Å². The Balaban J connectivity index is 1.76. The molecule has 2 heterocycles. The van der Waals surface area contributed by atoms with E-state index in [9.17, 15) is 5.11 Å². The molecule has 7 nitrogen and oxygen atoms in total. The predicted molar refractivity (Wildman–Crippen MR) is 99.1 cm³/mol. The van der Waals surface area contributed by atoms with Gasteiger partial charge in [-0.3, -0.25) is 0 Å². The van der Waals surface area contributed by atoms with Gasteiger partial charge in [0.25, 0.3) is 0 Å². The second-order valence-electron chi connectivity index (χ2n) is 6.72. The normalized spacial score (nSPS) is 20.0. The first-order valence-corrected chi connectivity index (χ1v) is 8.72. The molecule has 1 aliphatic rings. The van der Waals surface area contributed by atoms with E-state index in [1.807, 2.05) is 18.3 Å². The van der Waals surface area contributed by atoms with Gasteiger partial charge in [0.05, 0.1) is 5.39 Å². The summed E-state index contributed by atoms with van der Waals surface area (Å²) in [5.41, 5.74) is 8.93. The highest BCUT2D eigenvalue weighted by atomic mass is 16.3. The highest BCUT2D eigenvalue weighted by Crippen LogP contribution is 2.38. The summed E-state index contributed by atoms with van der Waals surface area (Å²) in [5.74, 6) is 0.682. The molecule has 26 heavy (non-hydrogen) atoms. The lowest BCUT2D eigenvalue weighted by atomic mass is 9.91. The highest BCUT2D eigenvalue weighted by Gasteiger charge is 2.25. The number of phenols is 1. The van der Waals surface area contributed by atoms with Crippen LogP contribution in [0, 0.1) is 11.5 Å². The summed E-state index contributed by atoms with van der Waals surface area (Å²) in [5, 5.41) is 22.1. The van der Waals surface area contributed by atoms with E-state index in [2.05, 4.69) is 26.0 Å². The third kappa shape index (κ3) is 2.80. The molecule has 132 valence electrons. The standard InChI is InChI=1S/C19H20N6O/c20-10-22-13-3-5-14(6-4-13)25-9-16(12-1-7-15(26)8-2-12)17-18(21)23-11-24-19(17)25/h1-2,7-9,11,13-14,22,26H,3-6H2,(H2,21,23,24). The van der Waals surface area contributed by atoms with E-state index in [1.165, 1.54) is 6.33 Å². The number of nitrogens with one attached hydrogen (secondary N) is 1. The molecule has 0 saturated heterocycles. The van der Waals surface area contributed by atoms with Crippen LogP contribution >= 0.6 is 0 Å². The zero-order valence-corrected chi connectivity index (χ0v) is 14.3. The summed E-state index contributed by atoms with van der Waals surface area (Å²) in [6.45, 7) is 0. The Bertz CT molecular complexity index is 964. The van der Waals surface area contributed by atoms with Crippen molar-refractivity contribution in [3.05, 3.63) is 36.8 Å². The van der Waals surface area contributed by atoms with Gasteiger partial charge in [-0.05, 0) is 43.4 Å². The summed E-state index contributed by atoms with van der Waals surface area (Å²) < 4.78 is 2.19. The van der Waals surface area contributed by atoms with Crippen LogP contribution in [0.4, 0.5) is 5.82 Å². The third-order valence-electron chi connectivity index (χ3n) is 5.18. The average molecular weight is 348 g/mol. The van der Waals surface area contributed by atoms with Gasteiger partial charge in [-0.25, -0.2) is 9.97 Å². The van der Waals surface area contributed by atoms with E-state index in [-0.39, 0.29) is 11.8 Å². The van der Waals surface area contributed by atoms with E-state index in [0.717, 1.165) is 47.8 Å². The van der Waals surface area contributed by atoms with Crippen LogP contribution in [-0.2, 0) is 0 Å². The molecule has 0 aliphatic heterocycles. The number of nitrogen functional groups attached to an aromatic ring is 1. The van der Waals surface area contributed by atoms with Gasteiger partial charge in [0.15, 0.2) is 6.19 Å². The Morgan fingerprint density at radius 2 is 1.88 bits per heavy atom. The van der Waals surface area contributed by atoms with Crippen LogP contribution in [0.2, 0.25) is 0 Å². The molecule has 4 rings (SSSR count). The molecule has 4 N–H and O–H groups in total. The van der Waals surface area contributed by atoms with Gasteiger partial charge in [-0.2, -0.15) is 5.26 Å². The molecule has 7 heteroatoms. The number of anilines is 1. The van der Waals surface area contributed by atoms with Crippen molar-refractivity contribution >= 4 is 16.9 Å². The Morgan fingerprint density at radius 3 is 2.58 bits per heavy atom. The fourth-order valence-corrected chi connectivity index (χ4v) is 3.84. The van der Waals surface area contributed by atoms with E-state index in [4.69, 9.17) is 11.0 Å². The summed E-state index contributed by atoms with van der Waals surface area (Å²) in [7, 11) is 0. The van der Waals surface area contributed by atoms with Gasteiger partial charge in [0, 0.05) is 23.8 Å². The SMILES string of the molecule is N#CNC1CCC(n2cc(-c3ccc(O)cc3)c3c(N)ncnc32)CC1. The first-order valence-electron chi connectivity index (χ1n) is 8.72. The minimum absolute atomic E-state index is 0.227. The zero-order valence-electron chi connectivity index (χ0n) is 14.3. The quantitative estimate of drug-likeness (QED) is 0.495. The second-order valence-corrected chi connectivity index (χ2v) is 6.72. The molecule has 0 spiro atoms. The van der Waals surface area contributed by atoms with Crippen molar-refractivity contribution in [3.8, 4) is 23.1 Å². The fraction of sp³-hybridized carbons (Fsp3) is 0.316. The minimum atomic E-state index is 0.227. The second kappa shape index (κ2) is 6.56. The fourth-order valence-electron chi connectivity index (χ4n) is 3.84. The summed E-state index contributed by atoms with van der Waals surface area (Å²) >= 11 is 0. The van der Waals surface area contributed by atoms with Crippen LogP contribution < -0.4 is 11.1 Å². The Kier molecular flexibility index (Phi) is 4.09. The average Bonchev–Trinajstić information content (AvgIpc) is 3.04. The first kappa shape index (κ1) is 16.2. The number of nitrogens with two attached hydrogens (primary N) is 1. The summed E-state index contributed by atoms with van der Waals surface area (Å²) in [6, 6.07) is 7.64. The van der Waals surface area contributed by atoms with Crippen LogP contribution in [0.15, 0.2) is 36.8 Å². The largest absolute Gasteiger partial charge is 0.508 e. The lowest BCUT2D eigenvalue weighted by Crippen LogP contribution is -2.30. The molecule has 1 fully saturated rings. The van der Waals surface area contributed by atoms with Gasteiger partial charge < -0.3 is 20.7 Å². The molecule has 0 radical (unpaired) electrons. The number of fused-ring (bicyclic) bond motifs is 1. The summed E-state index contributed by atoms with van der Waals surface area (Å²) in [6.07, 6.45) is 9.48. The molecule has 3 aromatic rings. The number of aromatic hydroxyl groups is 1. The van der Waals surface area contributed by atoms with E-state index in [1.54, 1.807) is 12.1 Å². The third-order valence-corrected chi connectivity index (χ3v) is 5.18. The van der Waals surface area contributed by atoms with Gasteiger partial charge in [-0.15, -0.1) is 0 Å². The number of phenolic OH excluding ortho intramolecular Hbond substituents is 1. The molecular weight excluding hydrogens is 328 g/mol. The monoisotopic (exact) mass is 348 g/mol. The number of hydrogen-bond donors (Lipinski definition) is 3. The maximum atomic E-state index is 9.57. The molecule has 0 amide bonds. The Labute approximate surface area is 151 Å². The van der Waals surface area contributed by atoms with Crippen molar-refractivity contribution in [2.45, 2.75) is 37.8 Å². The van der Waals surface area contributed by atoms with Crippen LogP contribution in [0.5, 0.6) is 5.75 Å². The predicted octanol–water partition coefficient (Wildman–Crippen LogP) is 2.94. The molecule has 1 aliphatic carbocycles. The van der Waals surface area contributed by atoms with Crippen molar-refractivity contribution in [1.82, 2.24) is 19.9 Å². The number of nitriles is 1. The van der Waals surface area contributed by atoms with Crippen molar-refractivity contribution in [1.29, 1.82) is 5.26 Å². The number of rotatable bonds is 3. The number of benzene rings is 1. The summed E-state index contributed by atoms with van der Waals surface area (Å²) in [4.78, 5) is 8.65. The van der Waals surface area contributed by atoms with Crippen LogP contribution in [0.3, 0.4) is 0 Å². The molecular formula is C19H20N6O. The minimum Gasteiger partial charge on any atom is -0.508 e. The molecule has 2 aromatic heterocycles. The van der Waals surface area contributed by atoms with E-state index < -0.39 is 0 Å². The topological polar surface area (TPSA) is 113 Å². The van der Waals surface area contributed by atoms with Crippen molar-refractivity contribution in [2.75, 3.05) is 5.73 Å². The Hall–Kier alpha value is -3.27. The van der Waals surface area contributed by atoms with Gasteiger partial charge in [0.1, 0.15) is 23.5 Å². The van der Waals surface area contributed by atoms with Crippen molar-refractivity contribution in [3.63, 3.8) is 0 Å². The van der Waals surface area contributed by atoms with Crippen molar-refractivity contribution < 1.29 is 5.11 Å². The van der Waals surface area contributed by atoms with Crippen LogP contribution in [0.25, 0.3) is 22.2 Å². The molecule has 0 bridgehead atoms. The zero-order chi connectivity index (χ0) is 18.1. The van der Waals surface area contributed by atoms with Gasteiger partial charge in [-0.1, -0.05) is 12.1 Å². The molecule has 0 atom stereocenters. The van der Waals surface area contributed by atoms with Crippen LogP contribution in [0.1, 0.15) is 31.7 Å². The van der Waals surface area contributed by atoms with Gasteiger partial charge >= 0.3 is 0 Å². The molecule has 1 aromatic carbocycles. The number of nitrogens with zero attached hydrogens (tertiary/aromatic N) is 4.